The van der Waals surface area contributed by atoms with Crippen LogP contribution in [0.4, 0.5) is 0 Å². The van der Waals surface area contributed by atoms with Crippen molar-refractivity contribution in [2.24, 2.45) is 27.7 Å². The molecule has 264 valence electrons. The number of aliphatic imine (C=N–C) groups is 2. The Morgan fingerprint density at radius 3 is 2.35 bits per heavy atom. The van der Waals surface area contributed by atoms with Gasteiger partial charge in [0.25, 0.3) is 0 Å². The van der Waals surface area contributed by atoms with E-state index in [1.165, 1.54) is 32.1 Å². The van der Waals surface area contributed by atoms with Crippen molar-refractivity contribution in [3.63, 3.8) is 0 Å². The number of piperidine rings is 1. The number of benzene rings is 2. The summed E-state index contributed by atoms with van der Waals surface area (Å²) >= 11 is 0. The molecule has 2 aromatic carbocycles. The van der Waals surface area contributed by atoms with Gasteiger partial charge in [0.05, 0.1) is 11.4 Å². The highest BCUT2D eigenvalue weighted by Gasteiger charge is 2.25. The SMILES string of the molecule is CCC(C)C=N/C(=C(\C(C)=N)C(=NCC1CCCN(C(=O)C=CCN(C)C2CCCCC2)C1)c1ccc(Oc2ccccc2)cc1)C(C)C. The van der Waals surface area contributed by atoms with Gasteiger partial charge in [0.15, 0.2) is 0 Å². The molecule has 0 spiro atoms. The van der Waals surface area contributed by atoms with E-state index < -0.39 is 0 Å². The van der Waals surface area contributed by atoms with E-state index in [1.807, 2.05) is 78.7 Å². The van der Waals surface area contributed by atoms with Crippen molar-refractivity contribution in [3.8, 4) is 11.5 Å². The number of nitrogens with one attached hydrogen (secondary N) is 1. The topological polar surface area (TPSA) is 81.3 Å². The summed E-state index contributed by atoms with van der Waals surface area (Å²) in [6, 6.07) is 18.4. The lowest BCUT2D eigenvalue weighted by atomic mass is 9.92. The van der Waals surface area contributed by atoms with Gasteiger partial charge in [-0.2, -0.15) is 0 Å². The summed E-state index contributed by atoms with van der Waals surface area (Å²) in [7, 11) is 2.18. The number of carbonyl (C=O) groups excluding carboxylic acids is 1. The van der Waals surface area contributed by atoms with Gasteiger partial charge in [-0.1, -0.05) is 71.2 Å². The quantitative estimate of drug-likeness (QED) is 0.152. The molecule has 1 aliphatic heterocycles. The van der Waals surface area contributed by atoms with Gasteiger partial charge in [0, 0.05) is 61.4 Å². The molecule has 49 heavy (non-hydrogen) atoms. The maximum atomic E-state index is 13.3. The van der Waals surface area contributed by atoms with Crippen LogP contribution in [0.5, 0.6) is 11.5 Å². The number of carbonyl (C=O) groups is 1. The monoisotopic (exact) mass is 665 g/mol. The first-order chi connectivity index (χ1) is 23.7. The van der Waals surface area contributed by atoms with Crippen LogP contribution in [0, 0.1) is 23.2 Å². The van der Waals surface area contributed by atoms with Gasteiger partial charge < -0.3 is 15.0 Å². The number of likely N-dealkylation sites (N-methyl/N-ethyl adjacent to an activating group) is 1. The van der Waals surface area contributed by atoms with Crippen LogP contribution in [0.3, 0.4) is 0 Å². The molecule has 1 saturated heterocycles. The Labute approximate surface area is 295 Å². The minimum Gasteiger partial charge on any atom is -0.457 e. The molecule has 7 nitrogen and oxygen atoms in total. The van der Waals surface area contributed by atoms with Gasteiger partial charge in [-0.3, -0.25) is 19.7 Å². The van der Waals surface area contributed by atoms with Crippen LogP contribution in [0.25, 0.3) is 0 Å². The zero-order valence-electron chi connectivity index (χ0n) is 30.8. The van der Waals surface area contributed by atoms with Crippen LogP contribution in [0.2, 0.25) is 0 Å². The summed E-state index contributed by atoms with van der Waals surface area (Å²) in [6.07, 6.45) is 15.3. The third-order valence-corrected chi connectivity index (χ3v) is 9.82. The summed E-state index contributed by atoms with van der Waals surface area (Å²) < 4.78 is 6.08. The van der Waals surface area contributed by atoms with Crippen molar-refractivity contribution in [1.29, 1.82) is 5.41 Å². The van der Waals surface area contributed by atoms with Crippen molar-refractivity contribution in [1.82, 2.24) is 9.80 Å². The Kier molecular flexibility index (Phi) is 15.0. The molecule has 0 bridgehead atoms. The highest BCUT2D eigenvalue weighted by molar-refractivity contribution is 6.29. The largest absolute Gasteiger partial charge is 0.457 e. The smallest absolute Gasteiger partial charge is 0.246 e. The molecule has 2 unspecified atom stereocenters. The Hall–Kier alpha value is -3.84. The van der Waals surface area contributed by atoms with Gasteiger partial charge in [-0.25, -0.2) is 0 Å². The Bertz CT molecular complexity index is 1470. The first-order valence-electron chi connectivity index (χ1n) is 18.5. The number of ether oxygens (including phenoxy) is 1. The molecular formula is C42H59N5O2. The summed E-state index contributed by atoms with van der Waals surface area (Å²) in [4.78, 5) is 27.9. The molecule has 2 fully saturated rings. The van der Waals surface area contributed by atoms with Crippen molar-refractivity contribution in [2.45, 2.75) is 92.0 Å². The fourth-order valence-corrected chi connectivity index (χ4v) is 6.66. The molecule has 1 N–H and O–H groups in total. The minimum atomic E-state index is 0.0948. The molecular weight excluding hydrogens is 606 g/mol. The average molecular weight is 666 g/mol. The molecule has 0 radical (unpaired) electrons. The van der Waals surface area contributed by atoms with Crippen LogP contribution in [0.1, 0.15) is 91.5 Å². The second-order valence-electron chi connectivity index (χ2n) is 14.3. The summed E-state index contributed by atoms with van der Waals surface area (Å²) in [6.45, 7) is 13.3. The molecule has 7 heteroatoms. The van der Waals surface area contributed by atoms with E-state index in [9.17, 15) is 4.79 Å². The number of hydrogen-bond donors (Lipinski definition) is 1. The molecule has 1 amide bonds. The van der Waals surface area contributed by atoms with Crippen molar-refractivity contribution in [2.75, 3.05) is 33.2 Å². The van der Waals surface area contributed by atoms with Crippen LogP contribution in [-0.4, -0.2) is 72.6 Å². The van der Waals surface area contributed by atoms with E-state index in [2.05, 4.69) is 39.6 Å². The van der Waals surface area contributed by atoms with Crippen molar-refractivity contribution in [3.05, 3.63) is 83.6 Å². The predicted molar refractivity (Wildman–Crippen MR) is 206 cm³/mol. The van der Waals surface area contributed by atoms with Crippen LogP contribution in [-0.2, 0) is 4.79 Å². The maximum Gasteiger partial charge on any atom is 0.246 e. The molecule has 1 heterocycles. The maximum absolute atomic E-state index is 13.3. The number of hydrogen-bond acceptors (Lipinski definition) is 6. The molecule has 2 aromatic rings. The van der Waals surface area contributed by atoms with E-state index in [-0.39, 0.29) is 17.7 Å². The fourth-order valence-electron chi connectivity index (χ4n) is 6.66. The lowest BCUT2D eigenvalue weighted by molar-refractivity contribution is -0.127. The second kappa shape index (κ2) is 19.4. The number of para-hydroxylation sites is 1. The highest BCUT2D eigenvalue weighted by atomic mass is 16.5. The van der Waals surface area contributed by atoms with Crippen LogP contribution in [0.15, 0.2) is 88.0 Å². The van der Waals surface area contributed by atoms with E-state index in [0.717, 1.165) is 66.4 Å². The van der Waals surface area contributed by atoms with E-state index in [4.69, 9.17) is 20.1 Å². The van der Waals surface area contributed by atoms with Crippen molar-refractivity contribution < 1.29 is 9.53 Å². The lowest BCUT2D eigenvalue weighted by Crippen LogP contribution is -2.40. The Morgan fingerprint density at radius 2 is 1.69 bits per heavy atom. The molecule has 2 atom stereocenters. The summed E-state index contributed by atoms with van der Waals surface area (Å²) in [5.74, 6) is 2.30. The highest BCUT2D eigenvalue weighted by Crippen LogP contribution is 2.27. The normalized spacial score (nSPS) is 19.1. The van der Waals surface area contributed by atoms with Gasteiger partial charge in [-0.15, -0.1) is 0 Å². The average Bonchev–Trinajstić information content (AvgIpc) is 3.11. The number of likely N-dealkylation sites (tertiary alicyclic amines) is 1. The molecule has 0 aromatic heterocycles. The zero-order valence-corrected chi connectivity index (χ0v) is 30.8. The van der Waals surface area contributed by atoms with Crippen LogP contribution >= 0.6 is 0 Å². The fraction of sp³-hybridized carbons (Fsp3) is 0.524. The van der Waals surface area contributed by atoms with Gasteiger partial charge in [0.1, 0.15) is 11.5 Å². The van der Waals surface area contributed by atoms with Gasteiger partial charge in [0.2, 0.25) is 5.91 Å². The lowest BCUT2D eigenvalue weighted by Gasteiger charge is -2.32. The number of allylic oxidation sites excluding steroid dienone is 2. The molecule has 1 aliphatic carbocycles. The van der Waals surface area contributed by atoms with E-state index in [1.54, 1.807) is 6.08 Å². The second-order valence-corrected chi connectivity index (χ2v) is 14.3. The number of rotatable bonds is 15. The summed E-state index contributed by atoms with van der Waals surface area (Å²) in [5, 5.41) is 8.95. The summed E-state index contributed by atoms with van der Waals surface area (Å²) in [5.41, 5.74) is 3.79. The first kappa shape index (κ1) is 38.0. The zero-order chi connectivity index (χ0) is 35.2. The van der Waals surface area contributed by atoms with E-state index in [0.29, 0.717) is 30.8 Å². The third-order valence-electron chi connectivity index (χ3n) is 9.82. The predicted octanol–water partition coefficient (Wildman–Crippen LogP) is 9.39. The van der Waals surface area contributed by atoms with Gasteiger partial charge in [-0.05, 0) is 100 Å². The van der Waals surface area contributed by atoms with Gasteiger partial charge >= 0.3 is 0 Å². The number of amides is 1. The standard InChI is InChI=1S/C42H59N5O2/c1-7-32(4)28-44-41(31(2)3)40(33(5)43)42(35-22-24-38(25-23-35)49-37-19-12-9-13-20-37)45-29-34-16-14-27-47(30-34)39(48)21-15-26-46(6)36-17-10-8-11-18-36/h9,12-13,15,19-25,28,31-32,34,36,43H,7-8,10-11,14,16-18,26-27,29-30H2,1-6H3/b21-15?,41-40+,43-33?,44-28?,45-42?. The first-order valence-corrected chi connectivity index (χ1v) is 18.5. The van der Waals surface area contributed by atoms with E-state index >= 15 is 0 Å². The number of nitrogens with zero attached hydrogens (tertiary/aromatic N) is 4. The molecule has 2 aliphatic rings. The molecule has 1 saturated carbocycles. The van der Waals surface area contributed by atoms with Crippen LogP contribution < -0.4 is 4.74 Å². The minimum absolute atomic E-state index is 0.0948. The molecule has 4 rings (SSSR count). The Balaban J connectivity index is 1.57. The van der Waals surface area contributed by atoms with Crippen molar-refractivity contribution >= 4 is 23.5 Å². The third kappa shape index (κ3) is 11.6. The Morgan fingerprint density at radius 1 is 1.00 bits per heavy atom.